The lowest BCUT2D eigenvalue weighted by Crippen LogP contribution is -2.12. The van der Waals surface area contributed by atoms with Gasteiger partial charge < -0.3 is 10.1 Å². The topological polar surface area (TPSA) is 68.3 Å². The molecule has 0 saturated carbocycles. The molecule has 0 spiro atoms. The summed E-state index contributed by atoms with van der Waals surface area (Å²) >= 11 is 11.6. The first kappa shape index (κ1) is 18.9. The fourth-order valence-corrected chi connectivity index (χ4v) is 2.51. The van der Waals surface area contributed by atoms with Gasteiger partial charge in [-0.3, -0.25) is 4.79 Å². The minimum atomic E-state index is -0.563. The fourth-order valence-electron chi connectivity index (χ4n) is 2.24. The van der Waals surface area contributed by atoms with Gasteiger partial charge in [-0.15, -0.1) is 0 Å². The lowest BCUT2D eigenvalue weighted by atomic mass is 10.1. The van der Waals surface area contributed by atoms with Crippen molar-refractivity contribution < 1.29 is 14.3 Å². The van der Waals surface area contributed by atoms with Gasteiger partial charge in [0.1, 0.15) is 11.8 Å². The lowest BCUT2D eigenvalue weighted by Gasteiger charge is -2.07. The third-order valence-corrected chi connectivity index (χ3v) is 4.34. The highest BCUT2D eigenvalue weighted by molar-refractivity contribution is 6.41. The summed E-state index contributed by atoms with van der Waals surface area (Å²) in [4.78, 5) is 28.0. The first-order valence-corrected chi connectivity index (χ1v) is 8.72. The molecule has 5 nitrogen and oxygen atoms in total. The molecule has 0 aliphatic heterocycles. The van der Waals surface area contributed by atoms with Crippen molar-refractivity contribution in [2.75, 3.05) is 5.32 Å². The van der Waals surface area contributed by atoms with E-state index >= 15 is 0 Å². The van der Waals surface area contributed by atoms with Gasteiger partial charge in [0.15, 0.2) is 0 Å². The number of pyridine rings is 1. The van der Waals surface area contributed by atoms with Gasteiger partial charge >= 0.3 is 5.97 Å². The van der Waals surface area contributed by atoms with Crippen molar-refractivity contribution in [3.05, 3.63) is 93.7 Å². The zero-order valence-corrected chi connectivity index (χ0v) is 15.5. The summed E-state index contributed by atoms with van der Waals surface area (Å²) in [7, 11) is 0. The average molecular weight is 401 g/mol. The minimum absolute atomic E-state index is 0.0552. The number of nitrogens with zero attached hydrogens (tertiary/aromatic N) is 1. The molecule has 1 heterocycles. The Bertz CT molecular complexity index is 961. The largest absolute Gasteiger partial charge is 0.457 e. The van der Waals surface area contributed by atoms with Crippen LogP contribution in [0.25, 0.3) is 0 Å². The van der Waals surface area contributed by atoms with E-state index in [1.54, 1.807) is 24.3 Å². The van der Waals surface area contributed by atoms with Crippen LogP contribution in [-0.2, 0) is 11.3 Å². The Morgan fingerprint density at radius 2 is 1.67 bits per heavy atom. The molecule has 1 N–H and O–H groups in total. The van der Waals surface area contributed by atoms with Crippen LogP contribution in [0.3, 0.4) is 0 Å². The van der Waals surface area contributed by atoms with Crippen LogP contribution in [0.2, 0.25) is 10.2 Å². The highest BCUT2D eigenvalue weighted by atomic mass is 35.5. The van der Waals surface area contributed by atoms with E-state index in [2.05, 4.69) is 10.3 Å². The van der Waals surface area contributed by atoms with Crippen molar-refractivity contribution in [1.82, 2.24) is 4.98 Å². The number of amides is 1. The van der Waals surface area contributed by atoms with Gasteiger partial charge in [-0.1, -0.05) is 53.5 Å². The van der Waals surface area contributed by atoms with Crippen LogP contribution in [0.1, 0.15) is 26.3 Å². The van der Waals surface area contributed by atoms with Crippen LogP contribution in [0.15, 0.2) is 66.9 Å². The Balaban J connectivity index is 1.58. The predicted octanol–water partition coefficient (Wildman–Crippen LogP) is 5.00. The van der Waals surface area contributed by atoms with E-state index in [0.29, 0.717) is 5.56 Å². The number of hydrogen-bond donors (Lipinski definition) is 1. The first-order valence-electron chi connectivity index (χ1n) is 7.96. The Labute approximate surface area is 165 Å². The van der Waals surface area contributed by atoms with E-state index in [-0.39, 0.29) is 28.3 Å². The molecule has 1 aromatic heterocycles. The summed E-state index contributed by atoms with van der Waals surface area (Å²) in [5, 5.41) is 3.11. The predicted molar refractivity (Wildman–Crippen MR) is 104 cm³/mol. The maximum Gasteiger partial charge on any atom is 0.340 e. The molecule has 7 heteroatoms. The molecule has 0 bridgehead atoms. The van der Waals surface area contributed by atoms with Crippen LogP contribution < -0.4 is 5.32 Å². The normalized spacial score (nSPS) is 10.3. The van der Waals surface area contributed by atoms with Crippen molar-refractivity contribution in [1.29, 1.82) is 0 Å². The Hall–Kier alpha value is -2.89. The second-order valence-corrected chi connectivity index (χ2v) is 6.36. The highest BCUT2D eigenvalue weighted by Gasteiger charge is 2.11. The number of carbonyl (C=O) groups excluding carboxylic acids is 2. The number of halogens is 2. The first-order chi connectivity index (χ1) is 13.0. The molecule has 0 aliphatic carbocycles. The summed E-state index contributed by atoms with van der Waals surface area (Å²) in [6.45, 7) is 0.0552. The number of anilines is 1. The van der Waals surface area contributed by atoms with Gasteiger partial charge in [0.05, 0.1) is 10.6 Å². The van der Waals surface area contributed by atoms with E-state index in [0.717, 1.165) is 11.3 Å². The van der Waals surface area contributed by atoms with Crippen molar-refractivity contribution in [2.45, 2.75) is 6.61 Å². The van der Waals surface area contributed by atoms with Crippen LogP contribution in [0, 0.1) is 0 Å². The molecule has 0 radical (unpaired) electrons. The monoisotopic (exact) mass is 400 g/mol. The molecule has 0 aliphatic rings. The van der Waals surface area contributed by atoms with Gasteiger partial charge in [0.2, 0.25) is 0 Å². The van der Waals surface area contributed by atoms with E-state index < -0.39 is 5.97 Å². The minimum Gasteiger partial charge on any atom is -0.457 e. The maximum atomic E-state index is 12.2. The van der Waals surface area contributed by atoms with Gasteiger partial charge in [-0.05, 0) is 35.9 Å². The molecule has 136 valence electrons. The fraction of sp³-hybridized carbons (Fsp3) is 0.0500. The Morgan fingerprint density at radius 1 is 0.963 bits per heavy atom. The summed E-state index contributed by atoms with van der Waals surface area (Å²) in [6, 6.07) is 17.4. The van der Waals surface area contributed by atoms with E-state index in [1.807, 2.05) is 30.3 Å². The molecule has 1 amide bonds. The Kier molecular flexibility index (Phi) is 6.06. The van der Waals surface area contributed by atoms with Crippen molar-refractivity contribution in [3.8, 4) is 0 Å². The van der Waals surface area contributed by atoms with Gasteiger partial charge in [-0.25, -0.2) is 9.78 Å². The molecule has 27 heavy (non-hydrogen) atoms. The standard InChI is InChI=1S/C20H14Cl2N2O3/c21-17-10-15(11-23-18(17)22)20(26)27-12-13-6-8-14(9-7-13)19(25)24-16-4-2-1-3-5-16/h1-11H,12H2,(H,24,25). The van der Waals surface area contributed by atoms with Crippen LogP contribution >= 0.6 is 23.2 Å². The number of aromatic nitrogens is 1. The third-order valence-electron chi connectivity index (χ3n) is 3.65. The molecule has 3 aromatic rings. The number of nitrogens with one attached hydrogen (secondary N) is 1. The number of para-hydroxylation sites is 1. The Morgan fingerprint density at radius 3 is 2.33 bits per heavy atom. The smallest absolute Gasteiger partial charge is 0.340 e. The molecule has 3 rings (SSSR count). The highest BCUT2D eigenvalue weighted by Crippen LogP contribution is 2.20. The van der Waals surface area contributed by atoms with Crippen molar-refractivity contribution in [2.24, 2.45) is 0 Å². The SMILES string of the molecule is O=C(Nc1ccccc1)c1ccc(COC(=O)c2cnc(Cl)c(Cl)c2)cc1. The summed E-state index contributed by atoms with van der Waals surface area (Å²) < 4.78 is 5.22. The molecule has 0 saturated heterocycles. The molecule has 0 unspecified atom stereocenters. The summed E-state index contributed by atoms with van der Waals surface area (Å²) in [6.07, 6.45) is 1.30. The van der Waals surface area contributed by atoms with Gasteiger partial charge in [-0.2, -0.15) is 0 Å². The van der Waals surface area contributed by atoms with Crippen LogP contribution in [0.4, 0.5) is 5.69 Å². The number of esters is 1. The molecule has 0 fully saturated rings. The number of benzene rings is 2. The van der Waals surface area contributed by atoms with Crippen LogP contribution in [0.5, 0.6) is 0 Å². The zero-order valence-electron chi connectivity index (χ0n) is 14.0. The lowest BCUT2D eigenvalue weighted by molar-refractivity contribution is 0.0472. The number of hydrogen-bond acceptors (Lipinski definition) is 4. The quantitative estimate of drug-likeness (QED) is 0.483. The van der Waals surface area contributed by atoms with E-state index in [4.69, 9.17) is 27.9 Å². The molecular formula is C20H14Cl2N2O3. The third kappa shape index (κ3) is 5.06. The second kappa shape index (κ2) is 8.66. The molecular weight excluding hydrogens is 387 g/mol. The summed E-state index contributed by atoms with van der Waals surface area (Å²) in [5.74, 6) is -0.779. The van der Waals surface area contributed by atoms with Crippen molar-refractivity contribution in [3.63, 3.8) is 0 Å². The maximum absolute atomic E-state index is 12.2. The number of ether oxygens (including phenoxy) is 1. The van der Waals surface area contributed by atoms with Gasteiger partial charge in [0.25, 0.3) is 5.91 Å². The molecule has 0 atom stereocenters. The zero-order chi connectivity index (χ0) is 19.2. The number of carbonyl (C=O) groups is 2. The van der Waals surface area contributed by atoms with E-state index in [1.165, 1.54) is 12.3 Å². The van der Waals surface area contributed by atoms with Crippen LogP contribution in [-0.4, -0.2) is 16.9 Å². The van der Waals surface area contributed by atoms with E-state index in [9.17, 15) is 9.59 Å². The molecule has 2 aromatic carbocycles. The summed E-state index contributed by atoms with van der Waals surface area (Å²) in [5.41, 5.74) is 2.18. The van der Waals surface area contributed by atoms with Crippen molar-refractivity contribution >= 4 is 40.8 Å². The average Bonchev–Trinajstić information content (AvgIpc) is 2.69. The van der Waals surface area contributed by atoms with Gasteiger partial charge in [0, 0.05) is 17.4 Å². The number of rotatable bonds is 5. The second-order valence-electron chi connectivity index (χ2n) is 5.59.